The molecule has 2 aliphatic heterocycles. The summed E-state index contributed by atoms with van der Waals surface area (Å²) in [5, 5.41) is 0. The molecule has 0 bridgehead atoms. The number of carbonyl (C=O) groups excluding carboxylic acids is 1. The molecule has 6 heteroatoms. The highest BCUT2D eigenvalue weighted by atomic mass is 16.7. The Kier molecular flexibility index (Phi) is 7.29. The summed E-state index contributed by atoms with van der Waals surface area (Å²) < 4.78 is 22.0. The zero-order chi connectivity index (χ0) is 18.2. The van der Waals surface area contributed by atoms with Crippen LogP contribution in [0.3, 0.4) is 0 Å². The first-order valence-corrected chi connectivity index (χ1v) is 9.46. The molecule has 26 heavy (non-hydrogen) atoms. The zero-order valence-corrected chi connectivity index (χ0v) is 15.5. The highest BCUT2D eigenvalue weighted by molar-refractivity contribution is 5.78. The van der Waals surface area contributed by atoms with Crippen LogP contribution in [-0.4, -0.2) is 57.2 Å². The minimum atomic E-state index is -0.0691. The number of benzene rings is 1. The smallest absolute Gasteiger partial charge is 0.223 e. The molecular formula is C20H29NO5. The molecule has 144 valence electrons. The number of rotatable bonds is 9. The van der Waals surface area contributed by atoms with Gasteiger partial charge in [-0.25, -0.2) is 0 Å². The van der Waals surface area contributed by atoms with Crippen molar-refractivity contribution in [1.29, 1.82) is 0 Å². The fourth-order valence-corrected chi connectivity index (χ4v) is 3.40. The van der Waals surface area contributed by atoms with Crippen LogP contribution < -0.4 is 4.74 Å². The lowest BCUT2D eigenvalue weighted by Gasteiger charge is -2.22. The second kappa shape index (κ2) is 9.90. The van der Waals surface area contributed by atoms with Crippen molar-refractivity contribution in [2.24, 2.45) is 5.92 Å². The topological polar surface area (TPSA) is 57.2 Å². The van der Waals surface area contributed by atoms with Crippen LogP contribution in [-0.2, 0) is 25.5 Å². The first-order chi connectivity index (χ1) is 12.7. The van der Waals surface area contributed by atoms with E-state index >= 15 is 0 Å². The molecule has 0 spiro atoms. The summed E-state index contributed by atoms with van der Waals surface area (Å²) in [6.45, 7) is 3.86. The van der Waals surface area contributed by atoms with Gasteiger partial charge >= 0.3 is 0 Å². The second-order valence-electron chi connectivity index (χ2n) is 6.93. The van der Waals surface area contributed by atoms with Crippen LogP contribution in [0, 0.1) is 5.92 Å². The summed E-state index contributed by atoms with van der Waals surface area (Å²) in [5.41, 5.74) is 1.11. The molecule has 2 saturated heterocycles. The Bertz CT molecular complexity index is 556. The number of methoxy groups -OCH3 is 1. The number of hydrogen-bond donors (Lipinski definition) is 0. The lowest BCUT2D eigenvalue weighted by molar-refractivity contribution is -0.169. The number of carbonyl (C=O) groups is 1. The van der Waals surface area contributed by atoms with Crippen LogP contribution in [0.25, 0.3) is 0 Å². The Morgan fingerprint density at radius 2 is 2.04 bits per heavy atom. The van der Waals surface area contributed by atoms with Crippen molar-refractivity contribution in [3.63, 3.8) is 0 Å². The normalized spacial score (nSPS) is 23.4. The second-order valence-corrected chi connectivity index (χ2v) is 6.93. The van der Waals surface area contributed by atoms with Crippen molar-refractivity contribution >= 4 is 5.91 Å². The molecule has 3 rings (SSSR count). The van der Waals surface area contributed by atoms with Gasteiger partial charge in [0.25, 0.3) is 0 Å². The molecule has 0 N–H and O–H groups in total. The van der Waals surface area contributed by atoms with E-state index in [2.05, 4.69) is 0 Å². The largest absolute Gasteiger partial charge is 0.497 e. The highest BCUT2D eigenvalue weighted by Crippen LogP contribution is 2.21. The van der Waals surface area contributed by atoms with Gasteiger partial charge in [0, 0.05) is 32.0 Å². The Morgan fingerprint density at radius 1 is 1.19 bits per heavy atom. The molecule has 0 saturated carbocycles. The van der Waals surface area contributed by atoms with E-state index in [0.717, 1.165) is 37.3 Å². The summed E-state index contributed by atoms with van der Waals surface area (Å²) in [6.07, 6.45) is 3.75. The maximum atomic E-state index is 12.2. The van der Waals surface area contributed by atoms with Gasteiger partial charge in [0.05, 0.1) is 26.9 Å². The van der Waals surface area contributed by atoms with E-state index in [9.17, 15) is 4.79 Å². The molecule has 2 atom stereocenters. The van der Waals surface area contributed by atoms with Gasteiger partial charge in [-0.15, -0.1) is 0 Å². The predicted octanol–water partition coefficient (Wildman–Crippen LogP) is 2.60. The summed E-state index contributed by atoms with van der Waals surface area (Å²) >= 11 is 0. The Hall–Kier alpha value is -1.63. The molecule has 2 fully saturated rings. The average molecular weight is 363 g/mol. The van der Waals surface area contributed by atoms with Gasteiger partial charge in [0.1, 0.15) is 5.75 Å². The van der Waals surface area contributed by atoms with Gasteiger partial charge in [-0.3, -0.25) is 4.79 Å². The monoisotopic (exact) mass is 363 g/mol. The number of amides is 1. The molecule has 0 aliphatic carbocycles. The SMILES string of the molecule is COc1ccc(CN2CC(COCCOC3CCCCO3)CC2=O)cc1. The maximum Gasteiger partial charge on any atom is 0.223 e. The van der Waals surface area contributed by atoms with Gasteiger partial charge in [-0.1, -0.05) is 12.1 Å². The van der Waals surface area contributed by atoms with E-state index in [-0.39, 0.29) is 18.1 Å². The minimum Gasteiger partial charge on any atom is -0.497 e. The zero-order valence-electron chi connectivity index (χ0n) is 15.5. The first kappa shape index (κ1) is 19.1. The van der Waals surface area contributed by atoms with E-state index in [4.69, 9.17) is 18.9 Å². The van der Waals surface area contributed by atoms with Crippen LogP contribution in [0.5, 0.6) is 5.75 Å². The summed E-state index contributed by atoms with van der Waals surface area (Å²) in [5.74, 6) is 1.28. The van der Waals surface area contributed by atoms with Crippen molar-refractivity contribution in [2.75, 3.05) is 40.1 Å². The van der Waals surface area contributed by atoms with Crippen molar-refractivity contribution in [3.05, 3.63) is 29.8 Å². The van der Waals surface area contributed by atoms with Gasteiger partial charge in [0.15, 0.2) is 6.29 Å². The fourth-order valence-electron chi connectivity index (χ4n) is 3.40. The molecule has 0 aromatic heterocycles. The highest BCUT2D eigenvalue weighted by Gasteiger charge is 2.29. The third-order valence-corrected chi connectivity index (χ3v) is 4.85. The number of likely N-dealkylation sites (tertiary alicyclic amines) is 1. The summed E-state index contributed by atoms with van der Waals surface area (Å²) in [6, 6.07) is 7.85. The average Bonchev–Trinajstić information content (AvgIpc) is 3.02. The first-order valence-electron chi connectivity index (χ1n) is 9.46. The quantitative estimate of drug-likeness (QED) is 0.631. The fraction of sp³-hybridized carbons (Fsp3) is 0.650. The Morgan fingerprint density at radius 3 is 2.77 bits per heavy atom. The van der Waals surface area contributed by atoms with E-state index in [0.29, 0.717) is 32.8 Å². The van der Waals surface area contributed by atoms with Gasteiger partial charge in [0.2, 0.25) is 5.91 Å². The van der Waals surface area contributed by atoms with E-state index < -0.39 is 0 Å². The number of hydrogen-bond acceptors (Lipinski definition) is 5. The standard InChI is InChI=1S/C20H29NO5/c1-23-18-7-5-16(6-8-18)13-21-14-17(12-19(21)22)15-24-10-11-26-20-4-2-3-9-25-20/h5-8,17,20H,2-4,9-15H2,1H3. The van der Waals surface area contributed by atoms with E-state index in [1.807, 2.05) is 29.2 Å². The molecule has 1 aromatic rings. The van der Waals surface area contributed by atoms with Crippen LogP contribution >= 0.6 is 0 Å². The van der Waals surface area contributed by atoms with E-state index in [1.54, 1.807) is 7.11 Å². The molecule has 2 unspecified atom stereocenters. The number of nitrogens with zero attached hydrogens (tertiary/aromatic N) is 1. The maximum absolute atomic E-state index is 12.2. The summed E-state index contributed by atoms with van der Waals surface area (Å²) in [7, 11) is 1.65. The lowest BCUT2D eigenvalue weighted by atomic mass is 10.1. The molecule has 1 aromatic carbocycles. The lowest BCUT2D eigenvalue weighted by Crippen LogP contribution is -2.25. The molecule has 6 nitrogen and oxygen atoms in total. The van der Waals surface area contributed by atoms with Gasteiger partial charge < -0.3 is 23.8 Å². The van der Waals surface area contributed by atoms with Crippen LogP contribution in [0.2, 0.25) is 0 Å². The Labute approximate surface area is 155 Å². The predicted molar refractivity (Wildman–Crippen MR) is 96.9 cm³/mol. The minimum absolute atomic E-state index is 0.0691. The van der Waals surface area contributed by atoms with Crippen molar-refractivity contribution in [2.45, 2.75) is 38.5 Å². The van der Waals surface area contributed by atoms with E-state index in [1.165, 1.54) is 6.42 Å². The molecule has 2 aliphatic rings. The van der Waals surface area contributed by atoms with Crippen molar-refractivity contribution < 1.29 is 23.7 Å². The van der Waals surface area contributed by atoms with Crippen molar-refractivity contribution in [3.8, 4) is 5.75 Å². The van der Waals surface area contributed by atoms with Crippen LogP contribution in [0.4, 0.5) is 0 Å². The Balaban J connectivity index is 1.32. The molecule has 2 heterocycles. The van der Waals surface area contributed by atoms with Gasteiger partial charge in [-0.05, 0) is 37.0 Å². The third-order valence-electron chi connectivity index (χ3n) is 4.85. The molecule has 0 radical (unpaired) electrons. The van der Waals surface area contributed by atoms with Crippen molar-refractivity contribution in [1.82, 2.24) is 4.90 Å². The molecule has 1 amide bonds. The third kappa shape index (κ3) is 5.69. The van der Waals surface area contributed by atoms with Crippen LogP contribution in [0.15, 0.2) is 24.3 Å². The van der Waals surface area contributed by atoms with Crippen LogP contribution in [0.1, 0.15) is 31.2 Å². The van der Waals surface area contributed by atoms with Gasteiger partial charge in [-0.2, -0.15) is 0 Å². The number of ether oxygens (including phenoxy) is 4. The molecular weight excluding hydrogens is 334 g/mol. The summed E-state index contributed by atoms with van der Waals surface area (Å²) in [4.78, 5) is 14.1.